The zero-order valence-electron chi connectivity index (χ0n) is 14.9. The summed E-state index contributed by atoms with van der Waals surface area (Å²) in [7, 11) is 4.12. The normalized spacial score (nSPS) is 23.0. The van der Waals surface area contributed by atoms with Crippen molar-refractivity contribution in [1.82, 2.24) is 20.0 Å². The number of likely N-dealkylation sites (tertiary alicyclic amines) is 1. The second kappa shape index (κ2) is 9.36. The Hall–Kier alpha value is -0.810. The van der Waals surface area contributed by atoms with Crippen LogP contribution < -0.4 is 5.32 Å². The van der Waals surface area contributed by atoms with E-state index in [1.54, 1.807) is 0 Å². The molecule has 2 aliphatic rings. The number of piperidine rings is 1. The fraction of sp³-hybridized carbons (Fsp3) is 0.941. The van der Waals surface area contributed by atoms with Crippen molar-refractivity contribution in [3.05, 3.63) is 0 Å². The van der Waals surface area contributed by atoms with Gasteiger partial charge >= 0.3 is 0 Å². The minimum Gasteiger partial charge on any atom is -0.356 e. The average Bonchev–Trinajstić information content (AvgIpc) is 2.54. The smallest absolute Gasteiger partial charge is 0.193 e. The summed E-state index contributed by atoms with van der Waals surface area (Å²) in [6.45, 7) is 11.9. The fourth-order valence-corrected chi connectivity index (χ4v) is 3.28. The molecule has 0 saturated carbocycles. The van der Waals surface area contributed by atoms with Crippen LogP contribution in [0.3, 0.4) is 0 Å². The maximum absolute atomic E-state index is 4.45. The maximum atomic E-state index is 4.45. The lowest BCUT2D eigenvalue weighted by atomic mass is 10.00. The predicted molar refractivity (Wildman–Crippen MR) is 94.5 cm³/mol. The van der Waals surface area contributed by atoms with E-state index >= 15 is 0 Å². The molecule has 0 aromatic heterocycles. The Kier molecular flexibility index (Phi) is 7.46. The van der Waals surface area contributed by atoms with E-state index < -0.39 is 0 Å². The van der Waals surface area contributed by atoms with Crippen molar-refractivity contribution < 1.29 is 0 Å². The lowest BCUT2D eigenvalue weighted by molar-refractivity contribution is 0.152. The minimum atomic E-state index is 0.873. The summed E-state index contributed by atoms with van der Waals surface area (Å²) < 4.78 is 0. The standard InChI is InChI=1S/C17H35N5/c1-16-6-10-22(11-7-16)17(18-2)19-8-4-5-9-21-14-12-20(3)13-15-21/h16H,4-15H2,1-3H3,(H,18,19). The van der Waals surface area contributed by atoms with Crippen LogP contribution in [0.15, 0.2) is 4.99 Å². The van der Waals surface area contributed by atoms with E-state index in [2.05, 4.69) is 39.0 Å². The van der Waals surface area contributed by atoms with Gasteiger partial charge < -0.3 is 20.0 Å². The molecule has 2 rings (SSSR count). The third kappa shape index (κ3) is 5.76. The molecule has 2 saturated heterocycles. The van der Waals surface area contributed by atoms with Crippen LogP contribution in [0, 0.1) is 5.92 Å². The van der Waals surface area contributed by atoms with Gasteiger partial charge in [0, 0.05) is 52.9 Å². The lowest BCUT2D eigenvalue weighted by Gasteiger charge is -2.33. The number of unbranched alkanes of at least 4 members (excludes halogenated alkanes) is 1. The van der Waals surface area contributed by atoms with Gasteiger partial charge in [0.2, 0.25) is 0 Å². The van der Waals surface area contributed by atoms with Crippen LogP contribution in [0.5, 0.6) is 0 Å². The zero-order valence-corrected chi connectivity index (χ0v) is 14.9. The van der Waals surface area contributed by atoms with Crippen molar-refractivity contribution in [2.24, 2.45) is 10.9 Å². The van der Waals surface area contributed by atoms with E-state index in [0.29, 0.717) is 0 Å². The summed E-state index contributed by atoms with van der Waals surface area (Å²) >= 11 is 0. The average molecular weight is 310 g/mol. The van der Waals surface area contributed by atoms with Crippen molar-refractivity contribution >= 4 is 5.96 Å². The summed E-state index contributed by atoms with van der Waals surface area (Å²) in [5.41, 5.74) is 0. The van der Waals surface area contributed by atoms with E-state index in [1.165, 1.54) is 58.4 Å². The van der Waals surface area contributed by atoms with Crippen LogP contribution >= 0.6 is 0 Å². The van der Waals surface area contributed by atoms with Crippen LogP contribution in [-0.4, -0.2) is 87.1 Å². The van der Waals surface area contributed by atoms with E-state index in [4.69, 9.17) is 0 Å². The van der Waals surface area contributed by atoms with E-state index in [9.17, 15) is 0 Å². The molecule has 1 N–H and O–H groups in total. The van der Waals surface area contributed by atoms with E-state index in [-0.39, 0.29) is 0 Å². The van der Waals surface area contributed by atoms with Crippen molar-refractivity contribution in [3.8, 4) is 0 Å². The second-order valence-corrected chi connectivity index (χ2v) is 7.00. The molecule has 0 bridgehead atoms. The van der Waals surface area contributed by atoms with Crippen LogP contribution in [0.25, 0.3) is 0 Å². The number of aliphatic imine (C=N–C) groups is 1. The highest BCUT2D eigenvalue weighted by Crippen LogP contribution is 2.15. The van der Waals surface area contributed by atoms with Crippen molar-refractivity contribution in [3.63, 3.8) is 0 Å². The number of guanidine groups is 1. The molecule has 22 heavy (non-hydrogen) atoms. The molecule has 0 aromatic rings. The first-order chi connectivity index (χ1) is 10.7. The molecule has 2 heterocycles. The molecule has 128 valence electrons. The number of hydrogen-bond donors (Lipinski definition) is 1. The Morgan fingerprint density at radius 1 is 1.05 bits per heavy atom. The largest absolute Gasteiger partial charge is 0.356 e. The fourth-order valence-electron chi connectivity index (χ4n) is 3.28. The third-order valence-electron chi connectivity index (χ3n) is 5.08. The molecular formula is C17H35N5. The molecule has 0 aliphatic carbocycles. The summed E-state index contributed by atoms with van der Waals surface area (Å²) in [6.07, 6.45) is 5.11. The molecule has 0 atom stereocenters. The van der Waals surface area contributed by atoms with Gasteiger partial charge in [-0.05, 0) is 45.2 Å². The monoisotopic (exact) mass is 309 g/mol. The Labute approximate surface area is 136 Å². The maximum Gasteiger partial charge on any atom is 0.193 e. The first kappa shape index (κ1) is 17.5. The minimum absolute atomic E-state index is 0.873. The van der Waals surface area contributed by atoms with Gasteiger partial charge in [0.25, 0.3) is 0 Å². The molecule has 0 unspecified atom stereocenters. The van der Waals surface area contributed by atoms with Gasteiger partial charge in [-0.1, -0.05) is 6.92 Å². The van der Waals surface area contributed by atoms with Gasteiger partial charge in [-0.2, -0.15) is 0 Å². The number of rotatable bonds is 5. The van der Waals surface area contributed by atoms with Gasteiger partial charge in [-0.3, -0.25) is 4.99 Å². The topological polar surface area (TPSA) is 34.1 Å². The van der Waals surface area contributed by atoms with Gasteiger partial charge in [0.15, 0.2) is 5.96 Å². The second-order valence-electron chi connectivity index (χ2n) is 7.00. The van der Waals surface area contributed by atoms with Crippen LogP contribution in [0.4, 0.5) is 0 Å². The highest BCUT2D eigenvalue weighted by Gasteiger charge is 2.18. The van der Waals surface area contributed by atoms with E-state index in [0.717, 1.165) is 31.5 Å². The zero-order chi connectivity index (χ0) is 15.8. The van der Waals surface area contributed by atoms with Crippen LogP contribution in [-0.2, 0) is 0 Å². The molecule has 2 aliphatic heterocycles. The number of piperazine rings is 1. The molecular weight excluding hydrogens is 274 g/mol. The van der Waals surface area contributed by atoms with E-state index in [1.807, 2.05) is 7.05 Å². The summed E-state index contributed by atoms with van der Waals surface area (Å²) in [4.78, 5) is 11.9. The number of likely N-dealkylation sites (N-methyl/N-ethyl adjacent to an activating group) is 1. The van der Waals surface area contributed by atoms with Crippen molar-refractivity contribution in [1.29, 1.82) is 0 Å². The van der Waals surface area contributed by atoms with Crippen molar-refractivity contribution in [2.45, 2.75) is 32.6 Å². The molecule has 5 heteroatoms. The Bertz CT molecular complexity index is 328. The summed E-state index contributed by atoms with van der Waals surface area (Å²) in [5.74, 6) is 1.98. The number of hydrogen-bond acceptors (Lipinski definition) is 3. The molecule has 2 fully saturated rings. The SMILES string of the molecule is CN=C(NCCCCN1CCN(C)CC1)N1CCC(C)CC1. The first-order valence-corrected chi connectivity index (χ1v) is 9.05. The molecule has 0 aromatic carbocycles. The highest BCUT2D eigenvalue weighted by atomic mass is 15.3. The Morgan fingerprint density at radius 2 is 1.73 bits per heavy atom. The quantitative estimate of drug-likeness (QED) is 0.472. The Morgan fingerprint density at radius 3 is 2.36 bits per heavy atom. The molecule has 5 nitrogen and oxygen atoms in total. The summed E-state index contributed by atoms with van der Waals surface area (Å²) in [5, 5.41) is 3.55. The third-order valence-corrected chi connectivity index (χ3v) is 5.08. The van der Waals surface area contributed by atoms with Crippen molar-refractivity contribution in [2.75, 3.05) is 66.5 Å². The van der Waals surface area contributed by atoms with Gasteiger partial charge in [-0.15, -0.1) is 0 Å². The van der Waals surface area contributed by atoms with Crippen LogP contribution in [0.2, 0.25) is 0 Å². The molecule has 0 spiro atoms. The number of nitrogens with zero attached hydrogens (tertiary/aromatic N) is 4. The highest BCUT2D eigenvalue weighted by molar-refractivity contribution is 5.79. The van der Waals surface area contributed by atoms with Gasteiger partial charge in [0.1, 0.15) is 0 Å². The number of nitrogens with one attached hydrogen (secondary N) is 1. The molecule has 0 radical (unpaired) electrons. The van der Waals surface area contributed by atoms with Crippen LogP contribution in [0.1, 0.15) is 32.6 Å². The molecule has 0 amide bonds. The van der Waals surface area contributed by atoms with Gasteiger partial charge in [0.05, 0.1) is 0 Å². The first-order valence-electron chi connectivity index (χ1n) is 9.05. The lowest BCUT2D eigenvalue weighted by Crippen LogP contribution is -2.46. The summed E-state index contributed by atoms with van der Waals surface area (Å²) in [6, 6.07) is 0. The predicted octanol–water partition coefficient (Wildman–Crippen LogP) is 1.32. The van der Waals surface area contributed by atoms with Gasteiger partial charge in [-0.25, -0.2) is 0 Å². The Balaban J connectivity index is 1.55.